The fourth-order valence-corrected chi connectivity index (χ4v) is 4.26. The van der Waals surface area contributed by atoms with Crippen molar-refractivity contribution in [1.29, 1.82) is 0 Å². The zero-order valence-electron chi connectivity index (χ0n) is 18.1. The molecule has 0 aliphatic heterocycles. The van der Waals surface area contributed by atoms with Gasteiger partial charge in [0.25, 0.3) is 0 Å². The summed E-state index contributed by atoms with van der Waals surface area (Å²) in [5, 5.41) is 2.70. The maximum absolute atomic E-state index is 13.6. The highest BCUT2D eigenvalue weighted by atomic mass is 32.2. The van der Waals surface area contributed by atoms with Crippen LogP contribution >= 0.6 is 0 Å². The highest BCUT2D eigenvalue weighted by Crippen LogP contribution is 2.23. The Bertz CT molecular complexity index is 995. The molecule has 1 N–H and O–H groups in total. The van der Waals surface area contributed by atoms with Crippen LogP contribution in [0.4, 0.5) is 14.5 Å². The fourth-order valence-electron chi connectivity index (χ4n) is 3.09. The molecule has 0 radical (unpaired) electrons. The SMILES string of the molecule is CC(C)Oc1ccc(CCCNC(=O)[C@@H](C)N(c2ccc(F)c(F)c2)S(C)(=O)=O)cc1. The molecule has 0 aromatic heterocycles. The minimum atomic E-state index is -3.91. The number of nitrogens with zero attached hydrogens (tertiary/aromatic N) is 1. The number of amides is 1. The smallest absolute Gasteiger partial charge is 0.243 e. The molecule has 31 heavy (non-hydrogen) atoms. The summed E-state index contributed by atoms with van der Waals surface area (Å²) in [7, 11) is -3.91. The van der Waals surface area contributed by atoms with E-state index in [0.717, 1.165) is 46.5 Å². The van der Waals surface area contributed by atoms with Gasteiger partial charge in [-0.25, -0.2) is 17.2 Å². The highest BCUT2D eigenvalue weighted by Gasteiger charge is 2.29. The van der Waals surface area contributed by atoms with Gasteiger partial charge < -0.3 is 10.1 Å². The Morgan fingerprint density at radius 2 is 1.71 bits per heavy atom. The molecule has 0 heterocycles. The summed E-state index contributed by atoms with van der Waals surface area (Å²) in [5.74, 6) is -2.03. The van der Waals surface area contributed by atoms with Crippen molar-refractivity contribution in [3.63, 3.8) is 0 Å². The lowest BCUT2D eigenvalue weighted by atomic mass is 10.1. The van der Waals surface area contributed by atoms with Gasteiger partial charge in [0.1, 0.15) is 11.8 Å². The summed E-state index contributed by atoms with van der Waals surface area (Å²) in [4.78, 5) is 12.5. The minimum absolute atomic E-state index is 0.0981. The number of benzene rings is 2. The van der Waals surface area contributed by atoms with Crippen LogP contribution < -0.4 is 14.4 Å². The average molecular weight is 455 g/mol. The molecule has 2 aromatic carbocycles. The zero-order chi connectivity index (χ0) is 23.2. The summed E-state index contributed by atoms with van der Waals surface area (Å²) in [6.45, 7) is 5.64. The molecular formula is C22H28F2N2O4S. The number of nitrogens with one attached hydrogen (secondary N) is 1. The summed E-state index contributed by atoms with van der Waals surface area (Å²) < 4.78 is 57.6. The maximum Gasteiger partial charge on any atom is 0.243 e. The number of hydrogen-bond donors (Lipinski definition) is 1. The van der Waals surface area contributed by atoms with Gasteiger partial charge in [0, 0.05) is 12.6 Å². The number of sulfonamides is 1. The van der Waals surface area contributed by atoms with Gasteiger partial charge in [0.05, 0.1) is 18.0 Å². The van der Waals surface area contributed by atoms with Crippen molar-refractivity contribution in [2.24, 2.45) is 0 Å². The van der Waals surface area contributed by atoms with Crippen LogP contribution in [-0.2, 0) is 21.2 Å². The molecule has 170 valence electrons. The number of carbonyl (C=O) groups is 1. The van der Waals surface area contributed by atoms with Crippen LogP contribution in [0.5, 0.6) is 5.75 Å². The molecular weight excluding hydrogens is 426 g/mol. The highest BCUT2D eigenvalue weighted by molar-refractivity contribution is 7.92. The second-order valence-electron chi connectivity index (χ2n) is 7.54. The van der Waals surface area contributed by atoms with E-state index < -0.39 is 33.6 Å². The van der Waals surface area contributed by atoms with E-state index in [1.807, 2.05) is 38.1 Å². The molecule has 0 unspecified atom stereocenters. The Labute approximate surface area is 182 Å². The molecule has 1 atom stereocenters. The van der Waals surface area contributed by atoms with Gasteiger partial charge in [-0.05, 0) is 63.4 Å². The van der Waals surface area contributed by atoms with E-state index in [9.17, 15) is 22.0 Å². The van der Waals surface area contributed by atoms with Crippen molar-refractivity contribution in [3.8, 4) is 5.75 Å². The molecule has 0 bridgehead atoms. The van der Waals surface area contributed by atoms with Gasteiger partial charge >= 0.3 is 0 Å². The normalized spacial score (nSPS) is 12.5. The van der Waals surface area contributed by atoms with Gasteiger partial charge in [0.15, 0.2) is 11.6 Å². The van der Waals surface area contributed by atoms with Crippen molar-refractivity contribution in [2.45, 2.75) is 45.8 Å². The van der Waals surface area contributed by atoms with Crippen molar-refractivity contribution >= 4 is 21.6 Å². The number of rotatable bonds is 10. The van der Waals surface area contributed by atoms with E-state index in [1.54, 1.807) is 0 Å². The van der Waals surface area contributed by atoms with Crippen LogP contribution in [0.1, 0.15) is 32.8 Å². The fraction of sp³-hybridized carbons (Fsp3) is 0.409. The van der Waals surface area contributed by atoms with Crippen LogP contribution in [0.3, 0.4) is 0 Å². The third kappa shape index (κ3) is 7.20. The van der Waals surface area contributed by atoms with E-state index in [4.69, 9.17) is 4.74 Å². The summed E-state index contributed by atoms with van der Waals surface area (Å²) in [6, 6.07) is 9.26. The van der Waals surface area contributed by atoms with E-state index >= 15 is 0 Å². The Morgan fingerprint density at radius 3 is 2.26 bits per heavy atom. The first-order chi connectivity index (χ1) is 14.5. The second-order valence-corrected chi connectivity index (χ2v) is 9.40. The van der Waals surface area contributed by atoms with Crippen LogP contribution in [0, 0.1) is 11.6 Å². The molecule has 0 saturated carbocycles. The minimum Gasteiger partial charge on any atom is -0.491 e. The number of aryl methyl sites for hydroxylation is 1. The Hall–Kier alpha value is -2.68. The molecule has 0 fully saturated rings. The molecule has 2 rings (SSSR count). The van der Waals surface area contributed by atoms with Gasteiger partial charge in [-0.3, -0.25) is 9.10 Å². The Morgan fingerprint density at radius 1 is 1.06 bits per heavy atom. The second kappa shape index (κ2) is 10.6. The van der Waals surface area contributed by atoms with Crippen LogP contribution in [0.15, 0.2) is 42.5 Å². The monoisotopic (exact) mass is 454 g/mol. The number of hydrogen-bond acceptors (Lipinski definition) is 4. The van der Waals surface area contributed by atoms with Gasteiger partial charge in [-0.15, -0.1) is 0 Å². The third-order valence-corrected chi connectivity index (χ3v) is 5.72. The van der Waals surface area contributed by atoms with Gasteiger partial charge in [0.2, 0.25) is 15.9 Å². The summed E-state index contributed by atoms with van der Waals surface area (Å²) >= 11 is 0. The first-order valence-electron chi connectivity index (χ1n) is 9.97. The average Bonchev–Trinajstić information content (AvgIpc) is 2.67. The van der Waals surface area contributed by atoms with Gasteiger partial charge in [-0.1, -0.05) is 12.1 Å². The number of anilines is 1. The molecule has 0 aliphatic rings. The topological polar surface area (TPSA) is 75.7 Å². The van der Waals surface area contributed by atoms with Crippen LogP contribution in [0.2, 0.25) is 0 Å². The van der Waals surface area contributed by atoms with E-state index in [0.29, 0.717) is 13.0 Å². The van der Waals surface area contributed by atoms with Crippen LogP contribution in [0.25, 0.3) is 0 Å². The number of ether oxygens (including phenoxy) is 1. The first kappa shape index (κ1) is 24.6. The van der Waals surface area contributed by atoms with Crippen LogP contribution in [-0.4, -0.2) is 39.3 Å². The molecule has 0 spiro atoms. The standard InChI is InChI=1S/C22H28F2N2O4S/c1-15(2)30-19-10-7-17(8-11-19)6-5-13-25-22(27)16(3)26(31(4,28)29)18-9-12-20(23)21(24)14-18/h7-12,14-16H,5-6,13H2,1-4H3,(H,25,27)/t16-/m1/s1. The van der Waals surface area contributed by atoms with Gasteiger partial charge in [-0.2, -0.15) is 0 Å². The lowest BCUT2D eigenvalue weighted by Crippen LogP contribution is -2.48. The van der Waals surface area contributed by atoms with Crippen molar-refractivity contribution in [3.05, 3.63) is 59.7 Å². The number of carbonyl (C=O) groups excluding carboxylic acids is 1. The van der Waals surface area contributed by atoms with E-state index in [-0.39, 0.29) is 11.8 Å². The largest absolute Gasteiger partial charge is 0.491 e. The van der Waals surface area contributed by atoms with Crippen molar-refractivity contribution in [1.82, 2.24) is 5.32 Å². The summed E-state index contributed by atoms with van der Waals surface area (Å²) in [5.41, 5.74) is 0.964. The van der Waals surface area contributed by atoms with E-state index in [2.05, 4.69) is 5.32 Å². The Kier molecular flexibility index (Phi) is 8.38. The number of halogens is 2. The first-order valence-corrected chi connectivity index (χ1v) is 11.8. The lowest BCUT2D eigenvalue weighted by Gasteiger charge is -2.28. The quantitative estimate of drug-likeness (QED) is 0.556. The maximum atomic E-state index is 13.6. The predicted molar refractivity (Wildman–Crippen MR) is 117 cm³/mol. The van der Waals surface area contributed by atoms with Crippen molar-refractivity contribution < 1.29 is 26.7 Å². The molecule has 6 nitrogen and oxygen atoms in total. The molecule has 1 amide bonds. The molecule has 0 saturated heterocycles. The zero-order valence-corrected chi connectivity index (χ0v) is 18.9. The lowest BCUT2D eigenvalue weighted by molar-refractivity contribution is -0.121. The third-order valence-electron chi connectivity index (χ3n) is 4.48. The molecule has 2 aromatic rings. The van der Waals surface area contributed by atoms with E-state index in [1.165, 1.54) is 6.92 Å². The summed E-state index contributed by atoms with van der Waals surface area (Å²) in [6.07, 6.45) is 2.37. The Balaban J connectivity index is 1.94. The van der Waals surface area contributed by atoms with Crippen molar-refractivity contribution in [2.75, 3.05) is 17.1 Å². The molecule has 0 aliphatic carbocycles. The molecule has 9 heteroatoms. The predicted octanol–water partition coefficient (Wildman–Crippen LogP) is 3.66.